The van der Waals surface area contributed by atoms with Gasteiger partial charge in [0.1, 0.15) is 5.82 Å². The number of hydrogen-bond donors (Lipinski definition) is 1. The summed E-state index contributed by atoms with van der Waals surface area (Å²) in [6.07, 6.45) is 8.70. The van der Waals surface area contributed by atoms with Crippen LogP contribution in [0.4, 0.5) is 5.82 Å². The molecule has 3 heteroatoms. The van der Waals surface area contributed by atoms with Crippen LogP contribution in [0.1, 0.15) is 42.7 Å². The third-order valence-corrected chi connectivity index (χ3v) is 4.40. The number of hydrogen-bond acceptors (Lipinski definition) is 3. The van der Waals surface area contributed by atoms with E-state index in [0.717, 1.165) is 25.6 Å². The Kier molecular flexibility index (Phi) is 3.50. The van der Waals surface area contributed by atoms with Gasteiger partial charge in [-0.3, -0.25) is 0 Å². The first-order valence-corrected chi connectivity index (χ1v) is 7.27. The summed E-state index contributed by atoms with van der Waals surface area (Å²) in [6.45, 7) is 3.27. The average molecular weight is 245 g/mol. The molecule has 1 aromatic rings. The lowest BCUT2D eigenvalue weighted by Gasteiger charge is -2.34. The van der Waals surface area contributed by atoms with E-state index in [4.69, 9.17) is 0 Å². The summed E-state index contributed by atoms with van der Waals surface area (Å²) in [5.41, 5.74) is 3.14. The fourth-order valence-electron chi connectivity index (χ4n) is 3.14. The van der Waals surface area contributed by atoms with E-state index in [2.05, 4.69) is 21.3 Å². The van der Waals surface area contributed by atoms with Gasteiger partial charge in [-0.1, -0.05) is 6.42 Å². The highest BCUT2D eigenvalue weighted by atomic mass is 15.2. The zero-order chi connectivity index (χ0) is 12.4. The number of rotatable bonds is 4. The van der Waals surface area contributed by atoms with Crippen molar-refractivity contribution in [3.8, 4) is 0 Å². The van der Waals surface area contributed by atoms with Gasteiger partial charge in [0.2, 0.25) is 0 Å². The molecule has 1 aliphatic heterocycles. The Morgan fingerprint density at radius 1 is 1.39 bits per heavy atom. The molecule has 2 heterocycles. The smallest absolute Gasteiger partial charge is 0.132 e. The van der Waals surface area contributed by atoms with E-state index >= 15 is 0 Å². The zero-order valence-corrected chi connectivity index (χ0v) is 11.3. The number of aromatic nitrogens is 1. The molecule has 0 aromatic carbocycles. The van der Waals surface area contributed by atoms with Crippen LogP contribution in [-0.2, 0) is 6.42 Å². The Balaban J connectivity index is 1.87. The van der Waals surface area contributed by atoms with Crippen molar-refractivity contribution in [3.05, 3.63) is 23.4 Å². The summed E-state index contributed by atoms with van der Waals surface area (Å²) in [5, 5.41) is 3.24. The second-order valence-electron chi connectivity index (χ2n) is 5.52. The molecule has 1 saturated carbocycles. The van der Waals surface area contributed by atoms with Gasteiger partial charge in [0.25, 0.3) is 0 Å². The van der Waals surface area contributed by atoms with Gasteiger partial charge in [-0.15, -0.1) is 0 Å². The summed E-state index contributed by atoms with van der Waals surface area (Å²) in [7, 11) is 2.02. The summed E-state index contributed by atoms with van der Waals surface area (Å²) in [4.78, 5) is 7.11. The normalized spacial score (nSPS) is 19.5. The first kappa shape index (κ1) is 12.0. The molecule has 2 aliphatic rings. The first-order chi connectivity index (χ1) is 8.90. The van der Waals surface area contributed by atoms with E-state index in [9.17, 15) is 0 Å². The van der Waals surface area contributed by atoms with Crippen molar-refractivity contribution < 1.29 is 0 Å². The number of fused-ring (bicyclic) bond motifs is 1. The van der Waals surface area contributed by atoms with Crippen molar-refractivity contribution >= 4 is 5.82 Å². The van der Waals surface area contributed by atoms with Crippen LogP contribution in [0.5, 0.6) is 0 Å². The van der Waals surface area contributed by atoms with Crippen LogP contribution in [0, 0.1) is 0 Å². The third-order valence-electron chi connectivity index (χ3n) is 4.40. The quantitative estimate of drug-likeness (QED) is 0.882. The van der Waals surface area contributed by atoms with E-state index < -0.39 is 0 Å². The molecule has 0 spiro atoms. The van der Waals surface area contributed by atoms with Crippen LogP contribution in [0.25, 0.3) is 0 Å². The van der Waals surface area contributed by atoms with Gasteiger partial charge < -0.3 is 10.2 Å². The van der Waals surface area contributed by atoms with Gasteiger partial charge in [0.15, 0.2) is 0 Å². The van der Waals surface area contributed by atoms with Crippen molar-refractivity contribution in [2.75, 3.05) is 31.6 Å². The number of nitrogens with one attached hydrogen (secondary N) is 1. The molecule has 1 N–H and O–H groups in total. The van der Waals surface area contributed by atoms with Crippen molar-refractivity contribution in [1.82, 2.24) is 10.3 Å². The largest absolute Gasteiger partial charge is 0.355 e. The van der Waals surface area contributed by atoms with Gasteiger partial charge in [-0.05, 0) is 55.8 Å². The molecule has 0 unspecified atom stereocenters. The van der Waals surface area contributed by atoms with Crippen LogP contribution in [0.2, 0.25) is 0 Å². The maximum absolute atomic E-state index is 4.65. The monoisotopic (exact) mass is 245 g/mol. The SMILES string of the molecule is CNCCN1CCCc2c(C3CCC3)ccnc21. The second kappa shape index (κ2) is 5.27. The Labute approximate surface area is 110 Å². The van der Waals surface area contributed by atoms with E-state index in [1.807, 2.05) is 13.2 Å². The molecular formula is C15H23N3. The fourth-order valence-corrected chi connectivity index (χ4v) is 3.14. The average Bonchev–Trinajstić information content (AvgIpc) is 2.35. The minimum atomic E-state index is 0.825. The highest BCUT2D eigenvalue weighted by molar-refractivity contribution is 5.54. The maximum atomic E-state index is 4.65. The molecule has 1 aliphatic carbocycles. The van der Waals surface area contributed by atoms with E-state index in [0.29, 0.717) is 0 Å². The molecule has 1 fully saturated rings. The summed E-state index contributed by atoms with van der Waals surface area (Å²) in [5.74, 6) is 2.09. The Hall–Kier alpha value is -1.09. The van der Waals surface area contributed by atoms with Crippen LogP contribution < -0.4 is 10.2 Å². The number of likely N-dealkylation sites (N-methyl/N-ethyl adjacent to an activating group) is 1. The Bertz CT molecular complexity index is 412. The molecule has 0 saturated heterocycles. The van der Waals surface area contributed by atoms with Crippen LogP contribution >= 0.6 is 0 Å². The Morgan fingerprint density at radius 2 is 2.28 bits per heavy atom. The van der Waals surface area contributed by atoms with Gasteiger partial charge in [-0.2, -0.15) is 0 Å². The number of pyridine rings is 1. The van der Waals surface area contributed by atoms with Crippen LogP contribution in [0.15, 0.2) is 12.3 Å². The van der Waals surface area contributed by atoms with Crippen LogP contribution in [0.3, 0.4) is 0 Å². The lowest BCUT2D eigenvalue weighted by Crippen LogP contribution is -2.36. The van der Waals surface area contributed by atoms with Gasteiger partial charge in [0.05, 0.1) is 0 Å². The minimum Gasteiger partial charge on any atom is -0.355 e. The highest BCUT2D eigenvalue weighted by Gasteiger charge is 2.27. The topological polar surface area (TPSA) is 28.2 Å². The van der Waals surface area contributed by atoms with Gasteiger partial charge in [-0.25, -0.2) is 4.98 Å². The second-order valence-corrected chi connectivity index (χ2v) is 5.52. The van der Waals surface area contributed by atoms with Crippen LogP contribution in [-0.4, -0.2) is 31.7 Å². The maximum Gasteiger partial charge on any atom is 0.132 e. The lowest BCUT2D eigenvalue weighted by molar-refractivity contribution is 0.415. The summed E-state index contributed by atoms with van der Waals surface area (Å²) in [6, 6.07) is 2.27. The molecule has 18 heavy (non-hydrogen) atoms. The van der Waals surface area contributed by atoms with Crippen molar-refractivity contribution in [2.45, 2.75) is 38.0 Å². The zero-order valence-electron chi connectivity index (χ0n) is 11.3. The summed E-state index contributed by atoms with van der Waals surface area (Å²) >= 11 is 0. The molecule has 0 amide bonds. The van der Waals surface area contributed by atoms with Gasteiger partial charge in [0, 0.05) is 25.8 Å². The highest BCUT2D eigenvalue weighted by Crippen LogP contribution is 2.41. The standard InChI is InChI=1S/C15H23N3/c1-16-9-11-18-10-3-6-14-13(12-4-2-5-12)7-8-17-15(14)18/h7-8,12,16H,2-6,9-11H2,1H3. The predicted octanol–water partition coefficient (Wildman–Crippen LogP) is 2.32. The number of nitrogens with zero attached hydrogens (tertiary/aromatic N) is 2. The molecule has 3 nitrogen and oxygen atoms in total. The minimum absolute atomic E-state index is 0.825. The molecule has 0 radical (unpaired) electrons. The molecule has 0 bridgehead atoms. The van der Waals surface area contributed by atoms with Gasteiger partial charge >= 0.3 is 0 Å². The molecule has 98 valence electrons. The lowest BCUT2D eigenvalue weighted by atomic mass is 9.77. The molecule has 3 rings (SSSR count). The van der Waals surface area contributed by atoms with Crippen molar-refractivity contribution in [3.63, 3.8) is 0 Å². The van der Waals surface area contributed by atoms with E-state index in [1.54, 1.807) is 11.1 Å². The summed E-state index contributed by atoms with van der Waals surface area (Å²) < 4.78 is 0. The molecule has 1 aromatic heterocycles. The van der Waals surface area contributed by atoms with Crippen molar-refractivity contribution in [1.29, 1.82) is 0 Å². The third kappa shape index (κ3) is 2.12. The van der Waals surface area contributed by atoms with E-state index in [1.165, 1.54) is 37.9 Å². The molecular weight excluding hydrogens is 222 g/mol. The first-order valence-electron chi connectivity index (χ1n) is 7.27. The number of anilines is 1. The predicted molar refractivity (Wildman–Crippen MR) is 75.3 cm³/mol. The fraction of sp³-hybridized carbons (Fsp3) is 0.667. The van der Waals surface area contributed by atoms with Crippen molar-refractivity contribution in [2.24, 2.45) is 0 Å². The van der Waals surface area contributed by atoms with E-state index in [-0.39, 0.29) is 0 Å². The Morgan fingerprint density at radius 3 is 3.00 bits per heavy atom. The molecule has 0 atom stereocenters.